The highest BCUT2D eigenvalue weighted by Crippen LogP contribution is 2.24. The second-order valence-corrected chi connectivity index (χ2v) is 6.16. The molecule has 3 heteroatoms. The van der Waals surface area contributed by atoms with Crippen molar-refractivity contribution in [1.82, 2.24) is 5.32 Å². The highest BCUT2D eigenvalue weighted by atomic mass is 35.5. The zero-order chi connectivity index (χ0) is 13.7. The second kappa shape index (κ2) is 7.28. The Morgan fingerprint density at radius 3 is 2.84 bits per heavy atom. The molecule has 1 aromatic carbocycles. The maximum atomic E-state index is 10.2. The topological polar surface area (TPSA) is 32.3 Å². The van der Waals surface area contributed by atoms with E-state index in [9.17, 15) is 5.11 Å². The lowest BCUT2D eigenvalue weighted by atomic mass is 10.0. The molecule has 0 aliphatic heterocycles. The minimum Gasteiger partial charge on any atom is -0.387 e. The zero-order valence-corrected chi connectivity index (χ0v) is 12.4. The van der Waals surface area contributed by atoms with Crippen LogP contribution in [0, 0.1) is 5.92 Å². The molecule has 0 spiro atoms. The van der Waals surface area contributed by atoms with Crippen molar-refractivity contribution in [3.63, 3.8) is 0 Å². The van der Waals surface area contributed by atoms with Gasteiger partial charge in [0.2, 0.25) is 0 Å². The Bertz CT molecular complexity index is 396. The van der Waals surface area contributed by atoms with Gasteiger partial charge in [-0.1, -0.05) is 49.6 Å². The second-order valence-electron chi connectivity index (χ2n) is 5.76. The lowest BCUT2D eigenvalue weighted by Gasteiger charge is -2.20. The van der Waals surface area contributed by atoms with Gasteiger partial charge in [-0.15, -0.1) is 0 Å². The Hall–Kier alpha value is -0.570. The average Bonchev–Trinajstić information content (AvgIpc) is 2.61. The number of hydrogen-bond acceptors (Lipinski definition) is 2. The fraction of sp³-hybridized carbons (Fsp3) is 0.625. The van der Waals surface area contributed by atoms with Gasteiger partial charge in [-0.05, 0) is 31.2 Å². The minimum atomic E-state index is -0.519. The Morgan fingerprint density at radius 1 is 1.26 bits per heavy atom. The molecular weight excluding hydrogens is 258 g/mol. The van der Waals surface area contributed by atoms with Crippen molar-refractivity contribution in [2.24, 2.45) is 5.92 Å². The summed E-state index contributed by atoms with van der Waals surface area (Å²) in [4.78, 5) is 0. The van der Waals surface area contributed by atoms with Gasteiger partial charge in [0.15, 0.2) is 0 Å². The summed E-state index contributed by atoms with van der Waals surface area (Å²) < 4.78 is 0. The van der Waals surface area contributed by atoms with Crippen LogP contribution in [0.15, 0.2) is 24.3 Å². The van der Waals surface area contributed by atoms with E-state index in [1.165, 1.54) is 32.1 Å². The predicted molar refractivity (Wildman–Crippen MR) is 80.5 cm³/mol. The molecule has 0 amide bonds. The van der Waals surface area contributed by atoms with E-state index < -0.39 is 6.10 Å². The molecule has 1 fully saturated rings. The van der Waals surface area contributed by atoms with Gasteiger partial charge in [0.25, 0.3) is 0 Å². The first-order valence-electron chi connectivity index (χ1n) is 7.32. The number of benzene rings is 1. The lowest BCUT2D eigenvalue weighted by Crippen LogP contribution is -2.32. The normalized spacial score (nSPS) is 25.8. The molecule has 3 unspecified atom stereocenters. The quantitative estimate of drug-likeness (QED) is 0.820. The van der Waals surface area contributed by atoms with Crippen molar-refractivity contribution >= 4 is 11.6 Å². The van der Waals surface area contributed by atoms with Crippen LogP contribution in [0.25, 0.3) is 0 Å². The van der Waals surface area contributed by atoms with Gasteiger partial charge in [0.05, 0.1) is 6.10 Å². The van der Waals surface area contributed by atoms with Crippen molar-refractivity contribution in [2.45, 2.75) is 51.2 Å². The number of halogens is 1. The lowest BCUT2D eigenvalue weighted by molar-refractivity contribution is 0.168. The fourth-order valence-corrected chi connectivity index (χ4v) is 3.09. The maximum absolute atomic E-state index is 10.2. The third-order valence-corrected chi connectivity index (χ3v) is 4.47. The van der Waals surface area contributed by atoms with Crippen molar-refractivity contribution < 1.29 is 5.11 Å². The third-order valence-electron chi connectivity index (χ3n) is 4.12. The van der Waals surface area contributed by atoms with Crippen LogP contribution in [0.5, 0.6) is 0 Å². The first-order valence-corrected chi connectivity index (χ1v) is 7.70. The van der Waals surface area contributed by atoms with Gasteiger partial charge >= 0.3 is 0 Å². The molecule has 0 radical (unpaired) electrons. The Balaban J connectivity index is 1.83. The molecule has 1 aliphatic rings. The molecule has 2 N–H and O–H groups in total. The van der Waals surface area contributed by atoms with Gasteiger partial charge in [-0.25, -0.2) is 0 Å². The van der Waals surface area contributed by atoms with E-state index in [4.69, 9.17) is 11.6 Å². The van der Waals surface area contributed by atoms with E-state index in [-0.39, 0.29) is 0 Å². The molecule has 106 valence electrons. The molecule has 0 saturated heterocycles. The molecule has 19 heavy (non-hydrogen) atoms. The van der Waals surface area contributed by atoms with Crippen LogP contribution in [-0.4, -0.2) is 17.7 Å². The molecule has 1 saturated carbocycles. The summed E-state index contributed by atoms with van der Waals surface area (Å²) in [6.45, 7) is 2.92. The van der Waals surface area contributed by atoms with Crippen LogP contribution < -0.4 is 5.32 Å². The summed E-state index contributed by atoms with van der Waals surface area (Å²) in [6, 6.07) is 8.07. The Labute approximate surface area is 121 Å². The summed E-state index contributed by atoms with van der Waals surface area (Å²) in [5.41, 5.74) is 0.818. The van der Waals surface area contributed by atoms with E-state index in [1.54, 1.807) is 0 Å². The molecule has 2 nitrogen and oxygen atoms in total. The van der Waals surface area contributed by atoms with Gasteiger partial charge in [0, 0.05) is 23.2 Å². The van der Waals surface area contributed by atoms with Crippen molar-refractivity contribution in [1.29, 1.82) is 0 Å². The van der Waals surface area contributed by atoms with Crippen LogP contribution in [0.1, 0.15) is 50.7 Å². The summed E-state index contributed by atoms with van der Waals surface area (Å²) >= 11 is 6.10. The Kier molecular flexibility index (Phi) is 5.68. The minimum absolute atomic E-state index is 0.519. The largest absolute Gasteiger partial charge is 0.387 e. The fourth-order valence-electron chi connectivity index (χ4n) is 2.82. The van der Waals surface area contributed by atoms with Gasteiger partial charge in [-0.2, -0.15) is 0 Å². The summed E-state index contributed by atoms with van der Waals surface area (Å²) in [5.74, 6) is 0.847. The van der Waals surface area contributed by atoms with E-state index in [1.807, 2.05) is 24.3 Å². The zero-order valence-electron chi connectivity index (χ0n) is 11.6. The molecule has 2 rings (SSSR count). The number of rotatable bonds is 4. The van der Waals surface area contributed by atoms with Crippen LogP contribution >= 0.6 is 11.6 Å². The van der Waals surface area contributed by atoms with Gasteiger partial charge in [0.1, 0.15) is 0 Å². The number of nitrogens with one attached hydrogen (secondary N) is 1. The van der Waals surface area contributed by atoms with E-state index in [0.717, 1.165) is 11.5 Å². The average molecular weight is 282 g/mol. The summed E-state index contributed by atoms with van der Waals surface area (Å²) in [7, 11) is 0. The van der Waals surface area contributed by atoms with E-state index in [0.29, 0.717) is 17.6 Å². The third kappa shape index (κ3) is 4.48. The van der Waals surface area contributed by atoms with Gasteiger partial charge < -0.3 is 10.4 Å². The van der Waals surface area contributed by atoms with Crippen molar-refractivity contribution in [3.8, 4) is 0 Å². The highest BCUT2D eigenvalue weighted by molar-refractivity contribution is 6.31. The standard InChI is InChI=1S/C16H24ClNO/c1-12-5-4-6-13(10-9-12)18-11-16(19)14-7-2-3-8-15(14)17/h2-3,7-8,12-13,16,18-19H,4-6,9-11H2,1H3. The van der Waals surface area contributed by atoms with Crippen LogP contribution in [0.2, 0.25) is 5.02 Å². The first kappa shape index (κ1) is 14.8. The van der Waals surface area contributed by atoms with Crippen molar-refractivity contribution in [2.75, 3.05) is 6.54 Å². The molecule has 0 bridgehead atoms. The SMILES string of the molecule is CC1CCCC(NCC(O)c2ccccc2Cl)CC1. The summed E-state index contributed by atoms with van der Waals surface area (Å²) in [5, 5.41) is 14.4. The molecule has 0 heterocycles. The van der Waals surface area contributed by atoms with Gasteiger partial charge in [-0.3, -0.25) is 0 Å². The van der Waals surface area contributed by atoms with Crippen molar-refractivity contribution in [3.05, 3.63) is 34.9 Å². The molecule has 1 aromatic rings. The predicted octanol–water partition coefficient (Wildman–Crippen LogP) is 3.93. The maximum Gasteiger partial charge on any atom is 0.0928 e. The van der Waals surface area contributed by atoms with Crippen LogP contribution in [0.4, 0.5) is 0 Å². The summed E-state index contributed by atoms with van der Waals surface area (Å²) in [6.07, 6.45) is 5.84. The Morgan fingerprint density at radius 2 is 2.05 bits per heavy atom. The molecular formula is C16H24ClNO. The van der Waals surface area contributed by atoms with E-state index in [2.05, 4.69) is 12.2 Å². The molecule has 1 aliphatic carbocycles. The molecule has 3 atom stereocenters. The first-order chi connectivity index (χ1) is 9.16. The van der Waals surface area contributed by atoms with Crippen LogP contribution in [0.3, 0.4) is 0 Å². The highest BCUT2D eigenvalue weighted by Gasteiger charge is 2.17. The number of aliphatic hydroxyl groups is 1. The monoisotopic (exact) mass is 281 g/mol. The number of aliphatic hydroxyl groups excluding tert-OH is 1. The number of hydrogen-bond donors (Lipinski definition) is 2. The molecule has 0 aromatic heterocycles. The van der Waals surface area contributed by atoms with E-state index >= 15 is 0 Å². The smallest absolute Gasteiger partial charge is 0.0928 e. The van der Waals surface area contributed by atoms with Crippen LogP contribution in [-0.2, 0) is 0 Å².